The molecule has 2 aromatic rings. The SMILES string of the molecule is COc1ccc(C#N)c(-c2ccc(OC)c(OC)c2)c1. The average Bonchev–Trinajstić information content (AvgIpc) is 2.53. The molecule has 0 aliphatic rings. The van der Waals surface area contributed by atoms with Crippen molar-refractivity contribution in [1.29, 1.82) is 5.26 Å². The maximum absolute atomic E-state index is 9.22. The van der Waals surface area contributed by atoms with Crippen LogP contribution >= 0.6 is 0 Å². The summed E-state index contributed by atoms with van der Waals surface area (Å²) in [5.41, 5.74) is 2.25. The highest BCUT2D eigenvalue weighted by molar-refractivity contribution is 5.74. The number of methoxy groups -OCH3 is 3. The predicted molar refractivity (Wildman–Crippen MR) is 76.2 cm³/mol. The van der Waals surface area contributed by atoms with Crippen molar-refractivity contribution in [2.45, 2.75) is 0 Å². The highest BCUT2D eigenvalue weighted by Crippen LogP contribution is 2.34. The molecule has 0 fully saturated rings. The molecule has 0 aliphatic carbocycles. The van der Waals surface area contributed by atoms with Crippen molar-refractivity contribution < 1.29 is 14.2 Å². The average molecular weight is 269 g/mol. The molecule has 102 valence electrons. The Kier molecular flexibility index (Phi) is 4.11. The van der Waals surface area contributed by atoms with Crippen molar-refractivity contribution in [3.63, 3.8) is 0 Å². The van der Waals surface area contributed by atoms with Crippen LogP contribution in [-0.4, -0.2) is 21.3 Å². The summed E-state index contributed by atoms with van der Waals surface area (Å²) in [6, 6.07) is 13.1. The summed E-state index contributed by atoms with van der Waals surface area (Å²) in [4.78, 5) is 0. The molecule has 4 heteroatoms. The molecule has 0 aliphatic heterocycles. The molecule has 2 aromatic carbocycles. The van der Waals surface area contributed by atoms with Crippen LogP contribution in [0.15, 0.2) is 36.4 Å². The predicted octanol–water partition coefficient (Wildman–Crippen LogP) is 3.25. The zero-order valence-corrected chi connectivity index (χ0v) is 11.6. The molecular formula is C16H15NO3. The van der Waals surface area contributed by atoms with Gasteiger partial charge in [0, 0.05) is 5.56 Å². The summed E-state index contributed by atoms with van der Waals surface area (Å²) >= 11 is 0. The Labute approximate surface area is 118 Å². The molecule has 20 heavy (non-hydrogen) atoms. The van der Waals surface area contributed by atoms with Crippen molar-refractivity contribution in [2.24, 2.45) is 0 Å². The lowest BCUT2D eigenvalue weighted by Crippen LogP contribution is -1.92. The number of benzene rings is 2. The topological polar surface area (TPSA) is 51.5 Å². The Morgan fingerprint density at radius 3 is 2.20 bits per heavy atom. The van der Waals surface area contributed by atoms with Gasteiger partial charge in [-0.05, 0) is 35.9 Å². The van der Waals surface area contributed by atoms with Crippen LogP contribution in [0.1, 0.15) is 5.56 Å². The lowest BCUT2D eigenvalue weighted by molar-refractivity contribution is 0.355. The van der Waals surface area contributed by atoms with Gasteiger partial charge in [0.1, 0.15) is 5.75 Å². The van der Waals surface area contributed by atoms with Crippen molar-refractivity contribution in [1.82, 2.24) is 0 Å². The summed E-state index contributed by atoms with van der Waals surface area (Å²) in [5, 5.41) is 9.22. The fourth-order valence-electron chi connectivity index (χ4n) is 1.99. The van der Waals surface area contributed by atoms with E-state index in [1.54, 1.807) is 33.5 Å². The second-order valence-corrected chi connectivity index (χ2v) is 4.09. The van der Waals surface area contributed by atoms with Crippen LogP contribution in [0.5, 0.6) is 17.2 Å². The Bertz CT molecular complexity index is 659. The van der Waals surface area contributed by atoms with Crippen LogP contribution in [0.3, 0.4) is 0 Å². The smallest absolute Gasteiger partial charge is 0.161 e. The summed E-state index contributed by atoms with van der Waals surface area (Å²) in [5.74, 6) is 1.98. The number of ether oxygens (including phenoxy) is 3. The maximum atomic E-state index is 9.22. The van der Waals surface area contributed by atoms with Gasteiger partial charge in [0.25, 0.3) is 0 Å². The fraction of sp³-hybridized carbons (Fsp3) is 0.188. The van der Waals surface area contributed by atoms with Gasteiger partial charge >= 0.3 is 0 Å². The third kappa shape index (κ3) is 2.52. The summed E-state index contributed by atoms with van der Waals surface area (Å²) < 4.78 is 15.7. The van der Waals surface area contributed by atoms with Crippen molar-refractivity contribution >= 4 is 0 Å². The van der Waals surface area contributed by atoms with E-state index >= 15 is 0 Å². The Hall–Kier alpha value is -2.67. The minimum Gasteiger partial charge on any atom is -0.497 e. The van der Waals surface area contributed by atoms with E-state index in [0.717, 1.165) is 11.1 Å². The molecule has 0 spiro atoms. The highest BCUT2D eigenvalue weighted by Gasteiger charge is 2.10. The van der Waals surface area contributed by atoms with Crippen LogP contribution in [0, 0.1) is 11.3 Å². The van der Waals surface area contributed by atoms with Crippen LogP contribution in [-0.2, 0) is 0 Å². The molecule has 0 saturated carbocycles. The second-order valence-electron chi connectivity index (χ2n) is 4.09. The number of hydrogen-bond donors (Lipinski definition) is 0. The summed E-state index contributed by atoms with van der Waals surface area (Å²) in [7, 11) is 4.77. The van der Waals surface area contributed by atoms with Gasteiger partial charge in [0.2, 0.25) is 0 Å². The lowest BCUT2D eigenvalue weighted by atomic mass is 9.99. The molecule has 0 aromatic heterocycles. The molecule has 0 amide bonds. The molecule has 0 radical (unpaired) electrons. The zero-order chi connectivity index (χ0) is 14.5. The van der Waals surface area contributed by atoms with Crippen molar-refractivity contribution in [3.05, 3.63) is 42.0 Å². The van der Waals surface area contributed by atoms with E-state index in [1.165, 1.54) is 0 Å². The van der Waals surface area contributed by atoms with Gasteiger partial charge in [0.15, 0.2) is 11.5 Å². The Morgan fingerprint density at radius 1 is 0.850 bits per heavy atom. The first-order valence-electron chi connectivity index (χ1n) is 6.04. The van der Waals surface area contributed by atoms with Crippen LogP contribution in [0.25, 0.3) is 11.1 Å². The van der Waals surface area contributed by atoms with Gasteiger partial charge in [-0.3, -0.25) is 0 Å². The first kappa shape index (κ1) is 13.8. The van der Waals surface area contributed by atoms with Gasteiger partial charge in [-0.15, -0.1) is 0 Å². The molecule has 0 N–H and O–H groups in total. The highest BCUT2D eigenvalue weighted by atomic mass is 16.5. The molecule has 0 bridgehead atoms. The molecular weight excluding hydrogens is 254 g/mol. The second kappa shape index (κ2) is 5.98. The molecule has 2 rings (SSSR count). The van der Waals surface area contributed by atoms with Gasteiger partial charge in [-0.2, -0.15) is 5.26 Å². The first-order chi connectivity index (χ1) is 9.73. The van der Waals surface area contributed by atoms with E-state index in [2.05, 4.69) is 6.07 Å². The monoisotopic (exact) mass is 269 g/mol. The van der Waals surface area contributed by atoms with Crippen molar-refractivity contribution in [2.75, 3.05) is 21.3 Å². The summed E-state index contributed by atoms with van der Waals surface area (Å²) in [6.45, 7) is 0. The number of nitrogens with zero attached hydrogens (tertiary/aromatic N) is 1. The third-order valence-corrected chi connectivity index (χ3v) is 3.04. The normalized spacial score (nSPS) is 9.70. The van der Waals surface area contributed by atoms with Crippen LogP contribution < -0.4 is 14.2 Å². The molecule has 0 atom stereocenters. The number of rotatable bonds is 4. The minimum atomic E-state index is 0.581. The number of nitriles is 1. The van der Waals surface area contributed by atoms with Gasteiger partial charge < -0.3 is 14.2 Å². The zero-order valence-electron chi connectivity index (χ0n) is 11.6. The minimum absolute atomic E-state index is 0.581. The maximum Gasteiger partial charge on any atom is 0.161 e. The Morgan fingerprint density at radius 2 is 1.60 bits per heavy atom. The summed E-state index contributed by atoms with van der Waals surface area (Å²) in [6.07, 6.45) is 0. The van der Waals surface area contributed by atoms with E-state index in [0.29, 0.717) is 22.8 Å². The quantitative estimate of drug-likeness (QED) is 0.855. The molecule has 0 saturated heterocycles. The Balaban J connectivity index is 2.58. The van der Waals surface area contributed by atoms with E-state index in [-0.39, 0.29) is 0 Å². The molecule has 4 nitrogen and oxygen atoms in total. The first-order valence-corrected chi connectivity index (χ1v) is 6.04. The van der Waals surface area contributed by atoms with Gasteiger partial charge in [-0.25, -0.2) is 0 Å². The molecule has 0 unspecified atom stereocenters. The molecule has 0 heterocycles. The van der Waals surface area contributed by atoms with E-state index in [9.17, 15) is 5.26 Å². The fourth-order valence-corrected chi connectivity index (χ4v) is 1.99. The van der Waals surface area contributed by atoms with E-state index < -0.39 is 0 Å². The van der Waals surface area contributed by atoms with Gasteiger partial charge in [0.05, 0.1) is 33.0 Å². The van der Waals surface area contributed by atoms with Crippen LogP contribution in [0.4, 0.5) is 0 Å². The third-order valence-electron chi connectivity index (χ3n) is 3.04. The van der Waals surface area contributed by atoms with E-state index in [4.69, 9.17) is 14.2 Å². The van der Waals surface area contributed by atoms with E-state index in [1.807, 2.05) is 24.3 Å². The van der Waals surface area contributed by atoms with Crippen LogP contribution in [0.2, 0.25) is 0 Å². The van der Waals surface area contributed by atoms with Gasteiger partial charge in [-0.1, -0.05) is 6.07 Å². The number of hydrogen-bond acceptors (Lipinski definition) is 4. The lowest BCUT2D eigenvalue weighted by Gasteiger charge is -2.11. The standard InChI is InChI=1S/C16H15NO3/c1-18-13-6-4-12(10-17)14(9-13)11-5-7-15(19-2)16(8-11)20-3/h4-9H,1-3H3. The van der Waals surface area contributed by atoms with Crippen molar-refractivity contribution in [3.8, 4) is 34.4 Å². The largest absolute Gasteiger partial charge is 0.497 e.